The SMILES string of the molecule is CC(C)(C)C(=O)NI1OC(=N)c2ccccc21. The van der Waals surface area contributed by atoms with Crippen molar-refractivity contribution in [2.45, 2.75) is 20.8 Å². The molecular formula is C12H15IN2O2. The standard InChI is InChI=1S/C12H15IN2O2/c1-12(2,3)11(16)15-13-9-7-5-4-6-8(9)10(14)17-13/h4-7,14H,1-3H3,(H,15,16). The molecule has 1 aliphatic heterocycles. The molecule has 1 aromatic carbocycles. The Kier molecular flexibility index (Phi) is 3.11. The van der Waals surface area contributed by atoms with Crippen molar-refractivity contribution in [3.8, 4) is 0 Å². The molecule has 2 rings (SSSR count). The van der Waals surface area contributed by atoms with E-state index in [1.54, 1.807) is 0 Å². The monoisotopic (exact) mass is 346 g/mol. The summed E-state index contributed by atoms with van der Waals surface area (Å²) in [5.41, 5.74) is 0.382. The predicted molar refractivity (Wildman–Crippen MR) is 74.7 cm³/mol. The summed E-state index contributed by atoms with van der Waals surface area (Å²) in [5, 5.41) is 7.73. The molecule has 5 heteroatoms. The van der Waals surface area contributed by atoms with Gasteiger partial charge >= 0.3 is 109 Å². The summed E-state index contributed by atoms with van der Waals surface area (Å²) in [6.45, 7) is 5.60. The summed E-state index contributed by atoms with van der Waals surface area (Å²) in [6.07, 6.45) is 0. The van der Waals surface area contributed by atoms with Crippen LogP contribution in [0.3, 0.4) is 0 Å². The van der Waals surface area contributed by atoms with E-state index in [1.165, 1.54) is 0 Å². The van der Waals surface area contributed by atoms with Gasteiger partial charge < -0.3 is 0 Å². The molecule has 1 amide bonds. The van der Waals surface area contributed by atoms with E-state index in [9.17, 15) is 4.79 Å². The third kappa shape index (κ3) is 2.43. The first kappa shape index (κ1) is 12.3. The number of carbonyl (C=O) groups is 1. The molecule has 1 aromatic rings. The quantitative estimate of drug-likeness (QED) is 0.607. The summed E-state index contributed by atoms with van der Waals surface area (Å²) in [7, 11) is 0. The molecule has 0 aromatic heterocycles. The molecule has 2 N–H and O–H groups in total. The van der Waals surface area contributed by atoms with E-state index < -0.39 is 25.9 Å². The number of carbonyl (C=O) groups excluding carboxylic acids is 1. The van der Waals surface area contributed by atoms with Crippen LogP contribution in [0.15, 0.2) is 24.3 Å². The maximum atomic E-state index is 11.9. The summed E-state index contributed by atoms with van der Waals surface area (Å²) in [5.74, 6) is 0.159. The molecule has 0 saturated heterocycles. The summed E-state index contributed by atoms with van der Waals surface area (Å²) in [4.78, 5) is 11.9. The van der Waals surface area contributed by atoms with Gasteiger partial charge in [-0.3, -0.25) is 0 Å². The number of hydrogen-bond acceptors (Lipinski definition) is 3. The van der Waals surface area contributed by atoms with Crippen LogP contribution < -0.4 is 3.53 Å². The van der Waals surface area contributed by atoms with Gasteiger partial charge in [0.25, 0.3) is 0 Å². The number of benzene rings is 1. The molecule has 0 saturated carbocycles. The van der Waals surface area contributed by atoms with Crippen molar-refractivity contribution in [1.29, 1.82) is 5.41 Å². The van der Waals surface area contributed by atoms with Crippen molar-refractivity contribution < 1.29 is 7.86 Å². The van der Waals surface area contributed by atoms with Crippen LogP contribution >= 0.6 is 20.5 Å². The van der Waals surface area contributed by atoms with Gasteiger partial charge in [0.15, 0.2) is 0 Å². The maximum absolute atomic E-state index is 11.9. The van der Waals surface area contributed by atoms with Gasteiger partial charge in [-0.15, -0.1) is 0 Å². The summed E-state index contributed by atoms with van der Waals surface area (Å²) >= 11 is -2.21. The molecule has 1 heterocycles. The Bertz CT molecular complexity index is 480. The minimum atomic E-state index is -2.21. The number of fused-ring (bicyclic) bond motifs is 1. The van der Waals surface area contributed by atoms with Gasteiger partial charge in [-0.2, -0.15) is 0 Å². The molecule has 0 radical (unpaired) electrons. The Labute approximate surface area is 109 Å². The Balaban J connectivity index is 2.21. The summed E-state index contributed by atoms with van der Waals surface area (Å²) < 4.78 is 9.47. The van der Waals surface area contributed by atoms with Crippen molar-refractivity contribution in [3.63, 3.8) is 0 Å². The fourth-order valence-electron chi connectivity index (χ4n) is 1.25. The molecule has 17 heavy (non-hydrogen) atoms. The van der Waals surface area contributed by atoms with Crippen LogP contribution in [0.5, 0.6) is 0 Å². The molecule has 0 spiro atoms. The van der Waals surface area contributed by atoms with Gasteiger partial charge in [-0.1, -0.05) is 0 Å². The van der Waals surface area contributed by atoms with Crippen LogP contribution in [0.2, 0.25) is 0 Å². The Morgan fingerprint density at radius 3 is 2.65 bits per heavy atom. The van der Waals surface area contributed by atoms with Gasteiger partial charge in [-0.25, -0.2) is 0 Å². The molecule has 0 unspecified atom stereocenters. The molecule has 0 atom stereocenters. The van der Waals surface area contributed by atoms with E-state index >= 15 is 0 Å². The Morgan fingerprint density at radius 2 is 2.00 bits per heavy atom. The van der Waals surface area contributed by atoms with Crippen LogP contribution in [0.1, 0.15) is 26.3 Å². The summed E-state index contributed by atoms with van der Waals surface area (Å²) in [6, 6.07) is 7.58. The molecule has 92 valence electrons. The van der Waals surface area contributed by atoms with Crippen molar-refractivity contribution in [3.05, 3.63) is 33.4 Å². The van der Waals surface area contributed by atoms with Crippen LogP contribution in [-0.4, -0.2) is 11.8 Å². The van der Waals surface area contributed by atoms with Gasteiger partial charge in [-0.05, 0) is 0 Å². The second-order valence-corrected chi connectivity index (χ2v) is 8.37. The Morgan fingerprint density at radius 1 is 1.35 bits per heavy atom. The van der Waals surface area contributed by atoms with Gasteiger partial charge in [0, 0.05) is 0 Å². The average molecular weight is 346 g/mol. The van der Waals surface area contributed by atoms with Crippen LogP contribution in [-0.2, 0) is 7.86 Å². The fraction of sp³-hybridized carbons (Fsp3) is 0.333. The fourth-order valence-corrected chi connectivity index (χ4v) is 5.30. The van der Waals surface area contributed by atoms with E-state index in [-0.39, 0.29) is 11.8 Å². The predicted octanol–water partition coefficient (Wildman–Crippen LogP) is 2.71. The molecule has 0 aliphatic carbocycles. The zero-order chi connectivity index (χ0) is 12.6. The van der Waals surface area contributed by atoms with Crippen LogP contribution in [0, 0.1) is 14.4 Å². The van der Waals surface area contributed by atoms with Gasteiger partial charge in [0.2, 0.25) is 0 Å². The first-order valence-electron chi connectivity index (χ1n) is 5.27. The zero-order valence-corrected chi connectivity index (χ0v) is 12.2. The number of nitrogens with one attached hydrogen (secondary N) is 2. The van der Waals surface area contributed by atoms with Crippen LogP contribution in [0.4, 0.5) is 0 Å². The van der Waals surface area contributed by atoms with Crippen molar-refractivity contribution >= 4 is 32.3 Å². The second kappa shape index (κ2) is 4.29. The first-order chi connectivity index (χ1) is 7.89. The van der Waals surface area contributed by atoms with Crippen LogP contribution in [0.25, 0.3) is 0 Å². The van der Waals surface area contributed by atoms with Gasteiger partial charge in [0.05, 0.1) is 0 Å². The van der Waals surface area contributed by atoms with E-state index in [4.69, 9.17) is 8.48 Å². The average Bonchev–Trinajstić information content (AvgIpc) is 2.56. The van der Waals surface area contributed by atoms with E-state index in [0.717, 1.165) is 9.13 Å². The molecule has 1 aliphatic rings. The normalized spacial score (nSPS) is 16.4. The number of rotatable bonds is 1. The second-order valence-electron chi connectivity index (χ2n) is 4.81. The first-order valence-corrected chi connectivity index (χ1v) is 8.31. The molecule has 0 bridgehead atoms. The van der Waals surface area contributed by atoms with Crippen molar-refractivity contribution in [1.82, 2.24) is 3.53 Å². The third-order valence-corrected chi connectivity index (χ3v) is 6.17. The van der Waals surface area contributed by atoms with Crippen molar-refractivity contribution in [2.75, 3.05) is 0 Å². The number of halogens is 1. The zero-order valence-electron chi connectivity index (χ0n) is 10.0. The van der Waals surface area contributed by atoms with E-state index in [0.29, 0.717) is 0 Å². The molecular weight excluding hydrogens is 331 g/mol. The number of hydrogen-bond donors (Lipinski definition) is 2. The Hall–Kier alpha value is -1.11. The third-order valence-electron chi connectivity index (χ3n) is 2.31. The topological polar surface area (TPSA) is 62.2 Å². The van der Waals surface area contributed by atoms with Gasteiger partial charge in [0.1, 0.15) is 0 Å². The number of amides is 1. The molecule has 0 fully saturated rings. The minimum absolute atomic E-state index is 0.0211. The van der Waals surface area contributed by atoms with Crippen molar-refractivity contribution in [2.24, 2.45) is 5.41 Å². The molecule has 4 nitrogen and oxygen atoms in total. The van der Waals surface area contributed by atoms with E-state index in [1.807, 2.05) is 45.0 Å². The van der Waals surface area contributed by atoms with E-state index in [2.05, 4.69) is 3.53 Å².